The van der Waals surface area contributed by atoms with E-state index in [1.165, 1.54) is 11.3 Å². The van der Waals surface area contributed by atoms with Gasteiger partial charge < -0.3 is 14.4 Å². The number of likely N-dealkylation sites (N-methyl/N-ethyl adjacent to an activating group) is 1. The third-order valence-corrected chi connectivity index (χ3v) is 4.97. The van der Waals surface area contributed by atoms with Gasteiger partial charge in [-0.1, -0.05) is 17.7 Å². The van der Waals surface area contributed by atoms with Gasteiger partial charge in [0.1, 0.15) is 11.5 Å². The number of amides is 1. The van der Waals surface area contributed by atoms with Crippen molar-refractivity contribution in [1.29, 1.82) is 0 Å². The third-order valence-electron chi connectivity index (χ3n) is 3.76. The Bertz CT molecular complexity index is 868. The molecule has 0 spiro atoms. The Hall–Kier alpha value is -2.57. The van der Waals surface area contributed by atoms with Crippen LogP contribution < -0.4 is 9.47 Å². The van der Waals surface area contributed by atoms with Gasteiger partial charge in [0.2, 0.25) is 5.88 Å². The van der Waals surface area contributed by atoms with Crippen molar-refractivity contribution < 1.29 is 14.3 Å². The number of carbonyl (C=O) groups excluding carboxylic acids is 1. The third kappa shape index (κ3) is 5.70. The Balaban J connectivity index is 1.51. The van der Waals surface area contributed by atoms with Gasteiger partial charge >= 0.3 is 0 Å². The lowest BCUT2D eigenvalue weighted by Gasteiger charge is -2.20. The minimum absolute atomic E-state index is 0.0204. The van der Waals surface area contributed by atoms with Gasteiger partial charge in [0.05, 0.1) is 10.9 Å². The van der Waals surface area contributed by atoms with Gasteiger partial charge in [-0.15, -0.1) is 11.3 Å². The largest absolute Gasteiger partial charge is 0.484 e. The van der Waals surface area contributed by atoms with Crippen molar-refractivity contribution in [1.82, 2.24) is 9.88 Å². The predicted molar refractivity (Wildman–Crippen MR) is 107 cm³/mol. The van der Waals surface area contributed by atoms with E-state index in [0.29, 0.717) is 30.5 Å². The molecule has 3 aromatic rings. The summed E-state index contributed by atoms with van der Waals surface area (Å²) in [7, 11) is 0. The SMILES string of the molecule is CCN(Cc1ccc(Cl)s1)C(=O)COc1ccc(Oc2ccccn2)cc1. The molecule has 0 aliphatic heterocycles. The van der Waals surface area contributed by atoms with Crippen molar-refractivity contribution in [2.24, 2.45) is 0 Å². The molecular weight excluding hydrogens is 384 g/mol. The van der Waals surface area contributed by atoms with Crippen LogP contribution in [0.15, 0.2) is 60.8 Å². The van der Waals surface area contributed by atoms with E-state index in [1.54, 1.807) is 41.4 Å². The molecule has 0 saturated heterocycles. The maximum atomic E-state index is 12.4. The van der Waals surface area contributed by atoms with Gasteiger partial charge in [0.25, 0.3) is 5.91 Å². The number of hydrogen-bond acceptors (Lipinski definition) is 5. The number of carbonyl (C=O) groups is 1. The van der Waals surface area contributed by atoms with E-state index >= 15 is 0 Å². The second-order valence-electron chi connectivity index (χ2n) is 5.64. The number of ether oxygens (including phenoxy) is 2. The highest BCUT2D eigenvalue weighted by molar-refractivity contribution is 7.16. The van der Waals surface area contributed by atoms with Crippen LogP contribution in [0.5, 0.6) is 17.4 Å². The molecular formula is C20H19ClN2O3S. The second-order valence-corrected chi connectivity index (χ2v) is 7.44. The zero-order chi connectivity index (χ0) is 19.1. The molecule has 7 heteroatoms. The molecule has 5 nitrogen and oxygen atoms in total. The van der Waals surface area contributed by atoms with Crippen molar-refractivity contribution in [2.45, 2.75) is 13.5 Å². The van der Waals surface area contributed by atoms with Crippen LogP contribution in [-0.4, -0.2) is 28.9 Å². The van der Waals surface area contributed by atoms with Crippen molar-refractivity contribution in [3.8, 4) is 17.4 Å². The summed E-state index contributed by atoms with van der Waals surface area (Å²) in [6, 6.07) is 16.3. The fraction of sp³-hybridized carbons (Fsp3) is 0.200. The van der Waals surface area contributed by atoms with Crippen LogP contribution in [0.3, 0.4) is 0 Å². The van der Waals surface area contributed by atoms with Crippen molar-refractivity contribution in [3.05, 3.63) is 70.0 Å². The van der Waals surface area contributed by atoms with Crippen LogP contribution in [0, 0.1) is 0 Å². The Morgan fingerprint density at radius 1 is 1.11 bits per heavy atom. The first kappa shape index (κ1) is 19.2. The predicted octanol–water partition coefficient (Wildman–Crippen LogP) is 5.02. The summed E-state index contributed by atoms with van der Waals surface area (Å²) in [4.78, 5) is 19.3. The first-order valence-electron chi connectivity index (χ1n) is 8.48. The lowest BCUT2D eigenvalue weighted by Crippen LogP contribution is -2.34. The van der Waals surface area contributed by atoms with E-state index < -0.39 is 0 Å². The highest BCUT2D eigenvalue weighted by Gasteiger charge is 2.14. The minimum atomic E-state index is -0.0733. The summed E-state index contributed by atoms with van der Waals surface area (Å²) in [6.07, 6.45) is 1.67. The highest BCUT2D eigenvalue weighted by atomic mass is 35.5. The summed E-state index contributed by atoms with van der Waals surface area (Å²) in [6.45, 7) is 3.06. The van der Waals surface area contributed by atoms with Crippen molar-refractivity contribution >= 4 is 28.8 Å². The molecule has 0 radical (unpaired) electrons. The van der Waals surface area contributed by atoms with Crippen LogP contribution in [0.2, 0.25) is 4.34 Å². The average molecular weight is 403 g/mol. The smallest absolute Gasteiger partial charge is 0.260 e. The van der Waals surface area contributed by atoms with Crippen molar-refractivity contribution in [2.75, 3.05) is 13.2 Å². The molecule has 0 atom stereocenters. The number of benzene rings is 1. The Kier molecular flexibility index (Phi) is 6.68. The zero-order valence-corrected chi connectivity index (χ0v) is 16.4. The number of aromatic nitrogens is 1. The van der Waals surface area contributed by atoms with E-state index in [2.05, 4.69) is 4.98 Å². The molecule has 0 unspecified atom stereocenters. The molecule has 2 aromatic heterocycles. The summed E-state index contributed by atoms with van der Waals surface area (Å²) >= 11 is 7.43. The molecule has 1 aromatic carbocycles. The van der Waals surface area contributed by atoms with Crippen LogP contribution in [0.1, 0.15) is 11.8 Å². The topological polar surface area (TPSA) is 51.7 Å². The molecule has 27 heavy (non-hydrogen) atoms. The van der Waals surface area contributed by atoms with Crippen LogP contribution in [0.25, 0.3) is 0 Å². The summed E-state index contributed by atoms with van der Waals surface area (Å²) in [5.41, 5.74) is 0. The molecule has 0 N–H and O–H groups in total. The molecule has 2 heterocycles. The van der Waals surface area contributed by atoms with Gasteiger partial charge in [-0.2, -0.15) is 0 Å². The monoisotopic (exact) mass is 402 g/mol. The van der Waals surface area contributed by atoms with Gasteiger partial charge in [0, 0.05) is 23.7 Å². The summed E-state index contributed by atoms with van der Waals surface area (Å²) in [5.74, 6) is 1.70. The normalized spacial score (nSPS) is 10.4. The molecule has 3 rings (SSSR count). The zero-order valence-electron chi connectivity index (χ0n) is 14.8. The molecule has 0 aliphatic carbocycles. The Morgan fingerprint density at radius 3 is 2.52 bits per heavy atom. The first-order valence-corrected chi connectivity index (χ1v) is 9.67. The maximum Gasteiger partial charge on any atom is 0.260 e. The van der Waals surface area contributed by atoms with E-state index in [4.69, 9.17) is 21.1 Å². The van der Waals surface area contributed by atoms with Gasteiger partial charge in [-0.25, -0.2) is 4.98 Å². The summed E-state index contributed by atoms with van der Waals surface area (Å²) < 4.78 is 12.0. The van der Waals surface area contributed by atoms with Gasteiger partial charge in [-0.3, -0.25) is 4.79 Å². The van der Waals surface area contributed by atoms with Gasteiger partial charge in [-0.05, 0) is 49.4 Å². The van der Waals surface area contributed by atoms with Crippen LogP contribution in [0.4, 0.5) is 0 Å². The maximum absolute atomic E-state index is 12.4. The molecule has 0 bridgehead atoms. The van der Waals surface area contributed by atoms with Crippen LogP contribution >= 0.6 is 22.9 Å². The lowest BCUT2D eigenvalue weighted by molar-refractivity contribution is -0.133. The average Bonchev–Trinajstić information content (AvgIpc) is 3.11. The van der Waals surface area contributed by atoms with E-state index in [9.17, 15) is 4.79 Å². The number of pyridine rings is 1. The molecule has 1 amide bonds. The van der Waals surface area contributed by atoms with E-state index in [1.807, 2.05) is 31.2 Å². The minimum Gasteiger partial charge on any atom is -0.484 e. The number of rotatable bonds is 8. The fourth-order valence-corrected chi connectivity index (χ4v) is 3.47. The Morgan fingerprint density at radius 2 is 1.89 bits per heavy atom. The highest BCUT2D eigenvalue weighted by Crippen LogP contribution is 2.24. The number of hydrogen-bond donors (Lipinski definition) is 0. The molecule has 0 saturated carbocycles. The van der Waals surface area contributed by atoms with E-state index in [0.717, 1.165) is 9.21 Å². The van der Waals surface area contributed by atoms with Gasteiger partial charge in [0.15, 0.2) is 6.61 Å². The molecule has 0 aliphatic rings. The fourth-order valence-electron chi connectivity index (χ4n) is 2.37. The quantitative estimate of drug-likeness (QED) is 0.531. The van der Waals surface area contributed by atoms with Crippen LogP contribution in [-0.2, 0) is 11.3 Å². The number of halogens is 1. The number of nitrogens with zero attached hydrogens (tertiary/aromatic N) is 2. The molecule has 140 valence electrons. The second kappa shape index (κ2) is 9.39. The first-order chi connectivity index (χ1) is 13.1. The van der Waals surface area contributed by atoms with E-state index in [-0.39, 0.29) is 12.5 Å². The lowest BCUT2D eigenvalue weighted by atomic mass is 10.3. The standard InChI is InChI=1S/C20H19ClN2O3S/c1-2-23(13-17-10-11-18(21)27-17)20(24)14-25-15-6-8-16(9-7-15)26-19-5-3-4-12-22-19/h3-12H,2,13-14H2,1H3. The Labute approximate surface area is 167 Å². The molecule has 0 fully saturated rings. The summed E-state index contributed by atoms with van der Waals surface area (Å²) in [5, 5.41) is 0. The van der Waals surface area contributed by atoms with Crippen molar-refractivity contribution in [3.63, 3.8) is 0 Å². The number of thiophene rings is 1.